The molecule has 2 saturated carbocycles. The van der Waals surface area contributed by atoms with Crippen LogP contribution in [0.25, 0.3) is 0 Å². The van der Waals surface area contributed by atoms with E-state index in [1.807, 2.05) is 11.8 Å². The first-order valence-corrected chi connectivity index (χ1v) is 7.82. The smallest absolute Gasteiger partial charge is 0.157 e. The van der Waals surface area contributed by atoms with E-state index in [4.69, 9.17) is 4.99 Å². The number of thioether (sulfide) groups is 1. The minimum absolute atomic E-state index is 0.586. The molecular formula is C13H22N2S. The van der Waals surface area contributed by atoms with E-state index < -0.39 is 0 Å². The Morgan fingerprint density at radius 3 is 2.50 bits per heavy atom. The molecular weight excluding hydrogens is 216 g/mol. The molecule has 0 aromatic carbocycles. The SMILES string of the molecule is CCC1CCSC(NC(C2CC2)C2CC2)=N1. The molecule has 1 unspecified atom stereocenters. The zero-order chi connectivity index (χ0) is 11.0. The van der Waals surface area contributed by atoms with Gasteiger partial charge in [0, 0.05) is 11.8 Å². The van der Waals surface area contributed by atoms with Gasteiger partial charge in [-0.15, -0.1) is 0 Å². The zero-order valence-corrected chi connectivity index (χ0v) is 10.9. The average molecular weight is 238 g/mol. The summed E-state index contributed by atoms with van der Waals surface area (Å²) >= 11 is 1.94. The molecule has 0 spiro atoms. The van der Waals surface area contributed by atoms with E-state index in [9.17, 15) is 0 Å². The summed E-state index contributed by atoms with van der Waals surface area (Å²) in [6.45, 7) is 2.25. The molecule has 1 heterocycles. The van der Waals surface area contributed by atoms with Gasteiger partial charge in [0.05, 0.1) is 6.04 Å². The van der Waals surface area contributed by atoms with Gasteiger partial charge in [0.25, 0.3) is 0 Å². The summed E-state index contributed by atoms with van der Waals surface area (Å²) in [7, 11) is 0. The summed E-state index contributed by atoms with van der Waals surface area (Å²) in [5.41, 5.74) is 0. The van der Waals surface area contributed by atoms with Crippen LogP contribution in [0.1, 0.15) is 45.4 Å². The summed E-state index contributed by atoms with van der Waals surface area (Å²) < 4.78 is 0. The quantitative estimate of drug-likeness (QED) is 0.814. The standard InChI is InChI=1S/C13H22N2S/c1-2-11-7-8-16-13(14-11)15-12(9-3-4-9)10-5-6-10/h9-12H,2-8H2,1H3,(H,14,15). The molecule has 3 heteroatoms. The second-order valence-electron chi connectivity index (χ2n) is 5.48. The van der Waals surface area contributed by atoms with Crippen molar-refractivity contribution in [2.24, 2.45) is 16.8 Å². The molecule has 0 amide bonds. The second-order valence-corrected chi connectivity index (χ2v) is 6.56. The number of amidine groups is 1. The van der Waals surface area contributed by atoms with E-state index in [0.717, 1.165) is 17.9 Å². The third kappa shape index (κ3) is 2.55. The van der Waals surface area contributed by atoms with Crippen LogP contribution in [0.3, 0.4) is 0 Å². The largest absolute Gasteiger partial charge is 0.362 e. The summed E-state index contributed by atoms with van der Waals surface area (Å²) in [5, 5.41) is 5.01. The fourth-order valence-corrected chi connectivity index (χ4v) is 3.63. The Balaban J connectivity index is 1.61. The topological polar surface area (TPSA) is 24.4 Å². The fraction of sp³-hybridized carbons (Fsp3) is 0.923. The number of aliphatic imine (C=N–C) groups is 1. The first-order chi connectivity index (χ1) is 7.86. The zero-order valence-electron chi connectivity index (χ0n) is 10.1. The molecule has 0 bridgehead atoms. The van der Waals surface area contributed by atoms with Crippen LogP contribution in [0.4, 0.5) is 0 Å². The van der Waals surface area contributed by atoms with Gasteiger partial charge in [0.1, 0.15) is 0 Å². The summed E-state index contributed by atoms with van der Waals surface area (Å²) in [6.07, 6.45) is 8.26. The Morgan fingerprint density at radius 1 is 1.25 bits per heavy atom. The van der Waals surface area contributed by atoms with E-state index in [1.165, 1.54) is 49.4 Å². The van der Waals surface area contributed by atoms with Crippen molar-refractivity contribution in [3.63, 3.8) is 0 Å². The molecule has 90 valence electrons. The maximum absolute atomic E-state index is 4.83. The van der Waals surface area contributed by atoms with Crippen LogP contribution in [0.5, 0.6) is 0 Å². The Hall–Kier alpha value is -0.180. The third-order valence-corrected chi connectivity index (χ3v) is 4.95. The van der Waals surface area contributed by atoms with Gasteiger partial charge in [-0.1, -0.05) is 18.7 Å². The minimum atomic E-state index is 0.586. The van der Waals surface area contributed by atoms with Crippen molar-refractivity contribution in [3.8, 4) is 0 Å². The Kier molecular flexibility index (Phi) is 3.14. The Bertz CT molecular complexity index is 270. The van der Waals surface area contributed by atoms with E-state index in [1.54, 1.807) is 0 Å². The number of rotatable bonds is 4. The van der Waals surface area contributed by atoms with Crippen LogP contribution in [0, 0.1) is 11.8 Å². The Morgan fingerprint density at radius 2 is 1.94 bits per heavy atom. The first-order valence-electron chi connectivity index (χ1n) is 6.84. The van der Waals surface area contributed by atoms with Crippen molar-refractivity contribution in [1.29, 1.82) is 0 Å². The molecule has 3 aliphatic rings. The predicted octanol–water partition coefficient (Wildman–Crippen LogP) is 3.04. The molecule has 0 aromatic heterocycles. The maximum atomic E-state index is 4.83. The van der Waals surface area contributed by atoms with Gasteiger partial charge >= 0.3 is 0 Å². The number of nitrogens with one attached hydrogen (secondary N) is 1. The van der Waals surface area contributed by atoms with Crippen LogP contribution >= 0.6 is 11.8 Å². The molecule has 1 N–H and O–H groups in total. The highest BCUT2D eigenvalue weighted by atomic mass is 32.2. The van der Waals surface area contributed by atoms with Crippen molar-refractivity contribution >= 4 is 16.9 Å². The first kappa shape index (κ1) is 10.9. The average Bonchev–Trinajstić information content (AvgIpc) is 3.18. The molecule has 1 atom stereocenters. The molecule has 3 rings (SSSR count). The van der Waals surface area contributed by atoms with E-state index in [-0.39, 0.29) is 0 Å². The van der Waals surface area contributed by atoms with Gasteiger partial charge in [-0.3, -0.25) is 4.99 Å². The maximum Gasteiger partial charge on any atom is 0.157 e. The highest BCUT2D eigenvalue weighted by molar-refractivity contribution is 8.13. The van der Waals surface area contributed by atoms with Crippen LogP contribution in [-0.4, -0.2) is 23.0 Å². The van der Waals surface area contributed by atoms with Crippen molar-refractivity contribution in [3.05, 3.63) is 0 Å². The number of hydrogen-bond donors (Lipinski definition) is 1. The van der Waals surface area contributed by atoms with Gasteiger partial charge in [0.15, 0.2) is 5.17 Å². The van der Waals surface area contributed by atoms with Crippen LogP contribution < -0.4 is 5.32 Å². The summed E-state index contributed by atoms with van der Waals surface area (Å²) in [5.74, 6) is 3.20. The highest BCUT2D eigenvalue weighted by Gasteiger charge is 2.42. The van der Waals surface area contributed by atoms with Gasteiger partial charge in [-0.05, 0) is 50.4 Å². The van der Waals surface area contributed by atoms with Crippen molar-refractivity contribution in [1.82, 2.24) is 5.32 Å². The lowest BCUT2D eigenvalue weighted by molar-refractivity contribution is 0.481. The lowest BCUT2D eigenvalue weighted by atomic mass is 10.1. The lowest BCUT2D eigenvalue weighted by Gasteiger charge is -2.24. The summed E-state index contributed by atoms with van der Waals surface area (Å²) in [6, 6.07) is 1.35. The molecule has 16 heavy (non-hydrogen) atoms. The van der Waals surface area contributed by atoms with Crippen molar-refractivity contribution in [2.45, 2.75) is 57.5 Å². The van der Waals surface area contributed by atoms with Gasteiger partial charge in [0.2, 0.25) is 0 Å². The lowest BCUT2D eigenvalue weighted by Crippen LogP contribution is -2.38. The van der Waals surface area contributed by atoms with E-state index in [2.05, 4.69) is 12.2 Å². The molecule has 0 radical (unpaired) electrons. The van der Waals surface area contributed by atoms with Crippen LogP contribution in [0.15, 0.2) is 4.99 Å². The molecule has 0 saturated heterocycles. The van der Waals surface area contributed by atoms with Gasteiger partial charge < -0.3 is 5.32 Å². The molecule has 2 nitrogen and oxygen atoms in total. The molecule has 0 aromatic rings. The fourth-order valence-electron chi connectivity index (χ4n) is 2.61. The van der Waals surface area contributed by atoms with Crippen molar-refractivity contribution in [2.75, 3.05) is 5.75 Å². The summed E-state index contributed by atoms with van der Waals surface area (Å²) in [4.78, 5) is 4.83. The minimum Gasteiger partial charge on any atom is -0.362 e. The van der Waals surface area contributed by atoms with Crippen molar-refractivity contribution < 1.29 is 0 Å². The monoisotopic (exact) mass is 238 g/mol. The highest BCUT2D eigenvalue weighted by Crippen LogP contribution is 2.44. The molecule has 1 aliphatic heterocycles. The predicted molar refractivity (Wildman–Crippen MR) is 71.0 cm³/mol. The normalized spacial score (nSPS) is 30.4. The van der Waals surface area contributed by atoms with Crippen LogP contribution in [0.2, 0.25) is 0 Å². The Labute approximate surface area is 103 Å². The third-order valence-electron chi connectivity index (χ3n) is 4.01. The van der Waals surface area contributed by atoms with Crippen LogP contribution in [-0.2, 0) is 0 Å². The van der Waals surface area contributed by atoms with Gasteiger partial charge in [-0.25, -0.2) is 0 Å². The number of nitrogens with zero attached hydrogens (tertiary/aromatic N) is 1. The number of hydrogen-bond acceptors (Lipinski definition) is 3. The molecule has 2 aliphatic carbocycles. The van der Waals surface area contributed by atoms with E-state index >= 15 is 0 Å². The second kappa shape index (κ2) is 4.59. The van der Waals surface area contributed by atoms with Gasteiger partial charge in [-0.2, -0.15) is 0 Å². The van der Waals surface area contributed by atoms with E-state index in [0.29, 0.717) is 6.04 Å². The molecule has 2 fully saturated rings.